The van der Waals surface area contributed by atoms with E-state index >= 15 is 0 Å². The molecule has 1 rings (SSSR count). The molecular weight excluding hydrogens is 314 g/mol. The minimum Gasteiger partial charge on any atom is -0.326 e. The second-order valence-electron chi connectivity index (χ2n) is 4.94. The zero-order valence-corrected chi connectivity index (χ0v) is 13.4. The summed E-state index contributed by atoms with van der Waals surface area (Å²) in [6.07, 6.45) is 2.58. The van der Waals surface area contributed by atoms with Gasteiger partial charge in [-0.2, -0.15) is 0 Å². The number of amides is 1. The van der Waals surface area contributed by atoms with E-state index in [1.165, 1.54) is 10.4 Å². The maximum Gasteiger partial charge on any atom is 0.225 e. The predicted octanol–water partition coefficient (Wildman–Crippen LogP) is 2.36. The fourth-order valence-electron chi connectivity index (χ4n) is 1.80. The van der Waals surface area contributed by atoms with Crippen molar-refractivity contribution in [3.63, 3.8) is 0 Å². The number of rotatable bonds is 8. The molecule has 0 aliphatic rings. The van der Waals surface area contributed by atoms with Gasteiger partial charge in [-0.05, 0) is 18.6 Å². The molecule has 0 aliphatic heterocycles. The van der Waals surface area contributed by atoms with Crippen molar-refractivity contribution >= 4 is 21.6 Å². The third-order valence-electron chi connectivity index (χ3n) is 3.02. The lowest BCUT2D eigenvalue weighted by Crippen LogP contribution is -2.33. The van der Waals surface area contributed by atoms with Crippen LogP contribution in [0.4, 0.5) is 14.5 Å². The van der Waals surface area contributed by atoms with Gasteiger partial charge in [0.05, 0.1) is 6.26 Å². The van der Waals surface area contributed by atoms with E-state index in [0.717, 1.165) is 24.8 Å². The summed E-state index contributed by atoms with van der Waals surface area (Å²) >= 11 is 0. The van der Waals surface area contributed by atoms with Gasteiger partial charge >= 0.3 is 0 Å². The number of sulfonamides is 1. The molecule has 0 unspecified atom stereocenters. The molecule has 1 amide bonds. The first-order valence-electron chi connectivity index (χ1n) is 6.94. The quantitative estimate of drug-likeness (QED) is 0.793. The van der Waals surface area contributed by atoms with Gasteiger partial charge in [0.2, 0.25) is 15.9 Å². The summed E-state index contributed by atoms with van der Waals surface area (Å²) in [5.41, 5.74) is 0.128. The standard InChI is InChI=1S/C14H20F2N2O3S/c1-3-4-8-18(22(2,20)21)9-7-14(19)17-11-5-6-12(15)13(16)10-11/h5-6,10H,3-4,7-9H2,1-2H3,(H,17,19). The minimum atomic E-state index is -3.37. The Bertz CT molecular complexity index is 621. The average molecular weight is 334 g/mol. The van der Waals surface area contributed by atoms with Crippen LogP contribution in [0.1, 0.15) is 26.2 Å². The van der Waals surface area contributed by atoms with Crippen LogP contribution >= 0.6 is 0 Å². The maximum atomic E-state index is 13.0. The summed E-state index contributed by atoms with van der Waals surface area (Å²) in [6, 6.07) is 3.02. The van der Waals surface area contributed by atoms with Crippen molar-refractivity contribution in [2.45, 2.75) is 26.2 Å². The van der Waals surface area contributed by atoms with Gasteiger partial charge in [-0.1, -0.05) is 13.3 Å². The lowest BCUT2D eigenvalue weighted by Gasteiger charge is -2.19. The Labute approximate surface area is 129 Å². The highest BCUT2D eigenvalue weighted by atomic mass is 32.2. The van der Waals surface area contributed by atoms with Gasteiger partial charge in [0.25, 0.3) is 0 Å². The first-order valence-corrected chi connectivity index (χ1v) is 8.79. The summed E-state index contributed by atoms with van der Waals surface area (Å²) in [4.78, 5) is 11.8. The van der Waals surface area contributed by atoms with Gasteiger partial charge in [-0.3, -0.25) is 4.79 Å². The van der Waals surface area contributed by atoms with Gasteiger partial charge in [-0.15, -0.1) is 0 Å². The molecule has 0 saturated carbocycles. The highest BCUT2D eigenvalue weighted by Crippen LogP contribution is 2.13. The van der Waals surface area contributed by atoms with Crippen molar-refractivity contribution in [2.24, 2.45) is 0 Å². The maximum absolute atomic E-state index is 13.0. The van der Waals surface area contributed by atoms with E-state index in [2.05, 4.69) is 5.32 Å². The monoisotopic (exact) mass is 334 g/mol. The summed E-state index contributed by atoms with van der Waals surface area (Å²) < 4.78 is 50.2. The lowest BCUT2D eigenvalue weighted by molar-refractivity contribution is -0.116. The molecule has 0 atom stereocenters. The topological polar surface area (TPSA) is 66.5 Å². The largest absolute Gasteiger partial charge is 0.326 e. The van der Waals surface area contributed by atoms with Crippen LogP contribution in [-0.2, 0) is 14.8 Å². The second kappa shape index (κ2) is 8.19. The Balaban J connectivity index is 2.58. The normalized spacial score (nSPS) is 11.7. The molecule has 0 aromatic heterocycles. The van der Waals surface area contributed by atoms with E-state index in [0.29, 0.717) is 13.0 Å². The van der Waals surface area contributed by atoms with Gasteiger partial charge in [0, 0.05) is 31.3 Å². The van der Waals surface area contributed by atoms with Crippen LogP contribution in [-0.4, -0.2) is 38.0 Å². The van der Waals surface area contributed by atoms with Crippen LogP contribution in [0.2, 0.25) is 0 Å². The number of benzene rings is 1. The molecule has 22 heavy (non-hydrogen) atoms. The summed E-state index contributed by atoms with van der Waals surface area (Å²) in [5, 5.41) is 2.41. The molecule has 0 bridgehead atoms. The van der Waals surface area contributed by atoms with Gasteiger partial charge in [0.1, 0.15) is 0 Å². The number of anilines is 1. The van der Waals surface area contributed by atoms with Gasteiger partial charge < -0.3 is 5.32 Å². The van der Waals surface area contributed by atoms with E-state index in [-0.39, 0.29) is 18.7 Å². The third kappa shape index (κ3) is 6.07. The van der Waals surface area contributed by atoms with Crippen molar-refractivity contribution in [2.75, 3.05) is 24.7 Å². The van der Waals surface area contributed by atoms with Crippen LogP contribution in [0, 0.1) is 11.6 Å². The second-order valence-corrected chi connectivity index (χ2v) is 6.93. The summed E-state index contributed by atoms with van der Waals surface area (Å²) in [6.45, 7) is 2.35. The molecule has 5 nitrogen and oxygen atoms in total. The fourth-order valence-corrected chi connectivity index (χ4v) is 2.69. The van der Waals surface area contributed by atoms with Gasteiger partial charge in [-0.25, -0.2) is 21.5 Å². The van der Waals surface area contributed by atoms with E-state index in [4.69, 9.17) is 0 Å². The Kier molecular flexibility index (Phi) is 6.89. The molecule has 1 N–H and O–H groups in total. The van der Waals surface area contributed by atoms with Crippen molar-refractivity contribution < 1.29 is 22.0 Å². The molecule has 0 spiro atoms. The van der Waals surface area contributed by atoms with E-state index < -0.39 is 27.6 Å². The number of hydrogen-bond acceptors (Lipinski definition) is 3. The van der Waals surface area contributed by atoms with Crippen LogP contribution < -0.4 is 5.32 Å². The highest BCUT2D eigenvalue weighted by molar-refractivity contribution is 7.88. The highest BCUT2D eigenvalue weighted by Gasteiger charge is 2.17. The Hall–Kier alpha value is -1.54. The first-order chi connectivity index (χ1) is 10.2. The van der Waals surface area contributed by atoms with Crippen molar-refractivity contribution in [3.05, 3.63) is 29.8 Å². The van der Waals surface area contributed by atoms with E-state index in [9.17, 15) is 22.0 Å². The summed E-state index contributed by atoms with van der Waals surface area (Å²) in [7, 11) is -3.37. The molecular formula is C14H20F2N2O3S. The number of nitrogens with one attached hydrogen (secondary N) is 1. The minimum absolute atomic E-state index is 0.0499. The molecule has 1 aromatic carbocycles. The van der Waals surface area contributed by atoms with Crippen LogP contribution in [0.25, 0.3) is 0 Å². The first kappa shape index (κ1) is 18.5. The molecule has 124 valence electrons. The van der Waals surface area contributed by atoms with Crippen LogP contribution in [0.15, 0.2) is 18.2 Å². The molecule has 1 aromatic rings. The Morgan fingerprint density at radius 2 is 1.91 bits per heavy atom. The van der Waals surface area contributed by atoms with Crippen molar-refractivity contribution in [1.82, 2.24) is 4.31 Å². The van der Waals surface area contributed by atoms with Crippen LogP contribution in [0.3, 0.4) is 0 Å². The van der Waals surface area contributed by atoms with Crippen molar-refractivity contribution in [3.8, 4) is 0 Å². The number of carbonyl (C=O) groups is 1. The number of carbonyl (C=O) groups excluding carboxylic acids is 1. The smallest absolute Gasteiger partial charge is 0.225 e. The number of unbranched alkanes of at least 4 members (excludes halogenated alkanes) is 1. The Morgan fingerprint density at radius 3 is 2.45 bits per heavy atom. The average Bonchev–Trinajstić information content (AvgIpc) is 2.41. The summed E-state index contributed by atoms with van der Waals surface area (Å²) in [5.74, 6) is -2.52. The molecule has 0 saturated heterocycles. The number of nitrogens with zero attached hydrogens (tertiary/aromatic N) is 1. The Morgan fingerprint density at radius 1 is 1.23 bits per heavy atom. The predicted molar refractivity (Wildman–Crippen MR) is 80.9 cm³/mol. The number of halogens is 2. The molecule has 0 fully saturated rings. The SMILES string of the molecule is CCCCN(CCC(=O)Nc1ccc(F)c(F)c1)S(C)(=O)=O. The molecule has 0 aliphatic carbocycles. The van der Waals surface area contributed by atoms with E-state index in [1.807, 2.05) is 6.92 Å². The zero-order chi connectivity index (χ0) is 16.8. The van der Waals surface area contributed by atoms with E-state index in [1.54, 1.807) is 0 Å². The molecule has 0 radical (unpaired) electrons. The van der Waals surface area contributed by atoms with Crippen molar-refractivity contribution in [1.29, 1.82) is 0 Å². The third-order valence-corrected chi connectivity index (χ3v) is 4.32. The molecule has 8 heteroatoms. The fraction of sp³-hybridized carbons (Fsp3) is 0.500. The zero-order valence-electron chi connectivity index (χ0n) is 12.6. The lowest BCUT2D eigenvalue weighted by atomic mass is 10.3. The number of hydrogen-bond donors (Lipinski definition) is 1. The molecule has 0 heterocycles. The van der Waals surface area contributed by atoms with Gasteiger partial charge in [0.15, 0.2) is 11.6 Å². The van der Waals surface area contributed by atoms with Crippen LogP contribution in [0.5, 0.6) is 0 Å².